The zero-order valence-corrected chi connectivity index (χ0v) is 15.6. The van der Waals surface area contributed by atoms with Gasteiger partial charge in [-0.1, -0.05) is 37.3 Å². The summed E-state index contributed by atoms with van der Waals surface area (Å²) in [7, 11) is 1.70. The summed E-state index contributed by atoms with van der Waals surface area (Å²) in [5.74, 6) is 0.697. The minimum atomic E-state index is -3.82. The van der Waals surface area contributed by atoms with E-state index in [0.717, 1.165) is 34.1 Å². The average molecular weight is 382 g/mol. The third-order valence-corrected chi connectivity index (χ3v) is 6.90. The quantitative estimate of drug-likeness (QED) is 0.584. The van der Waals surface area contributed by atoms with E-state index in [0.29, 0.717) is 23.1 Å². The molecule has 0 aliphatic heterocycles. The van der Waals surface area contributed by atoms with Crippen LogP contribution in [-0.2, 0) is 9.05 Å². The van der Waals surface area contributed by atoms with E-state index in [9.17, 15) is 8.42 Å². The molecule has 3 aromatic rings. The molecule has 0 aliphatic carbocycles. The van der Waals surface area contributed by atoms with Crippen LogP contribution in [0.3, 0.4) is 0 Å². The molecule has 1 heterocycles. The molecule has 126 valence electrons. The summed E-state index contributed by atoms with van der Waals surface area (Å²) < 4.78 is 29.4. The lowest BCUT2D eigenvalue weighted by Gasteiger charge is -2.12. The van der Waals surface area contributed by atoms with E-state index in [4.69, 9.17) is 15.4 Å². The summed E-state index contributed by atoms with van der Waals surface area (Å²) in [6.07, 6.45) is 0.879. The van der Waals surface area contributed by atoms with Crippen molar-refractivity contribution in [1.82, 2.24) is 4.98 Å². The number of benzene rings is 2. The van der Waals surface area contributed by atoms with E-state index in [-0.39, 0.29) is 4.21 Å². The van der Waals surface area contributed by atoms with Gasteiger partial charge in [-0.25, -0.2) is 13.4 Å². The third kappa shape index (κ3) is 3.27. The molecule has 3 rings (SSSR count). The number of aryl methyl sites for hydroxylation is 1. The van der Waals surface area contributed by atoms with Gasteiger partial charge >= 0.3 is 0 Å². The second-order valence-corrected chi connectivity index (χ2v) is 9.10. The number of halogens is 1. The van der Waals surface area contributed by atoms with Crippen LogP contribution in [0.2, 0.25) is 0 Å². The standard InChI is InChI=1S/C17H16ClNO3S2/c1-3-10-22-14-9-8-12-6-4-5-7-13(12)15(14)16-19-11(2)17(23-16)24(18,20)21/h4-9H,3,10H2,1-2H3. The Morgan fingerprint density at radius 1 is 1.21 bits per heavy atom. The van der Waals surface area contributed by atoms with Crippen molar-refractivity contribution in [1.29, 1.82) is 0 Å². The number of fused-ring (bicyclic) bond motifs is 1. The molecule has 0 bridgehead atoms. The van der Waals surface area contributed by atoms with Gasteiger partial charge in [0.05, 0.1) is 17.9 Å². The maximum atomic E-state index is 11.7. The van der Waals surface area contributed by atoms with Gasteiger partial charge in [-0.05, 0) is 30.2 Å². The Kier molecular flexibility index (Phi) is 4.80. The maximum absolute atomic E-state index is 11.7. The molecule has 0 radical (unpaired) electrons. The first kappa shape index (κ1) is 17.2. The minimum absolute atomic E-state index is 0.0774. The van der Waals surface area contributed by atoms with Crippen LogP contribution in [0.5, 0.6) is 5.75 Å². The normalized spacial score (nSPS) is 11.8. The topological polar surface area (TPSA) is 56.3 Å². The Bertz CT molecular complexity index is 996. The number of hydrogen-bond acceptors (Lipinski definition) is 5. The molecule has 1 aromatic heterocycles. The third-order valence-electron chi connectivity index (χ3n) is 3.54. The first-order chi connectivity index (χ1) is 11.4. The lowest BCUT2D eigenvalue weighted by atomic mass is 10.0. The maximum Gasteiger partial charge on any atom is 0.272 e. The molecular formula is C17H16ClNO3S2. The van der Waals surface area contributed by atoms with E-state index in [1.165, 1.54) is 0 Å². The van der Waals surface area contributed by atoms with Crippen molar-refractivity contribution in [3.8, 4) is 16.3 Å². The molecule has 24 heavy (non-hydrogen) atoms. The summed E-state index contributed by atoms with van der Waals surface area (Å²) in [4.78, 5) is 4.44. The van der Waals surface area contributed by atoms with Gasteiger partial charge in [0, 0.05) is 10.7 Å². The molecule has 0 saturated carbocycles. The zero-order chi connectivity index (χ0) is 17.3. The van der Waals surface area contributed by atoms with Crippen molar-refractivity contribution in [3.63, 3.8) is 0 Å². The highest BCUT2D eigenvalue weighted by atomic mass is 35.7. The second kappa shape index (κ2) is 6.70. The van der Waals surface area contributed by atoms with Crippen LogP contribution in [-0.4, -0.2) is 20.0 Å². The molecular weight excluding hydrogens is 366 g/mol. The lowest BCUT2D eigenvalue weighted by molar-refractivity contribution is 0.319. The van der Waals surface area contributed by atoms with Crippen molar-refractivity contribution < 1.29 is 13.2 Å². The summed E-state index contributed by atoms with van der Waals surface area (Å²) in [6, 6.07) is 11.8. The van der Waals surface area contributed by atoms with E-state index in [1.54, 1.807) is 6.92 Å². The Morgan fingerprint density at radius 2 is 1.96 bits per heavy atom. The largest absolute Gasteiger partial charge is 0.493 e. The molecule has 4 nitrogen and oxygen atoms in total. The summed E-state index contributed by atoms with van der Waals surface area (Å²) in [6.45, 7) is 4.26. The van der Waals surface area contributed by atoms with Gasteiger partial charge in [0.15, 0.2) is 4.21 Å². The Balaban J connectivity index is 2.27. The zero-order valence-electron chi connectivity index (χ0n) is 13.2. The van der Waals surface area contributed by atoms with Gasteiger partial charge < -0.3 is 4.74 Å². The molecule has 0 spiro atoms. The van der Waals surface area contributed by atoms with Crippen LogP contribution < -0.4 is 4.74 Å². The van der Waals surface area contributed by atoms with Crippen LogP contribution in [0, 0.1) is 6.92 Å². The number of ether oxygens (including phenoxy) is 1. The van der Waals surface area contributed by atoms with Crippen molar-refractivity contribution in [2.24, 2.45) is 0 Å². The van der Waals surface area contributed by atoms with Crippen LogP contribution >= 0.6 is 22.0 Å². The Labute approximate surface area is 149 Å². The first-order valence-electron chi connectivity index (χ1n) is 7.49. The predicted molar refractivity (Wildman–Crippen MR) is 98.6 cm³/mol. The highest BCUT2D eigenvalue weighted by molar-refractivity contribution is 8.15. The van der Waals surface area contributed by atoms with E-state index in [1.807, 2.05) is 43.3 Å². The van der Waals surface area contributed by atoms with Crippen LogP contribution in [0.15, 0.2) is 40.6 Å². The second-order valence-electron chi connectivity index (χ2n) is 5.34. The molecule has 0 saturated heterocycles. The van der Waals surface area contributed by atoms with Gasteiger partial charge in [-0.15, -0.1) is 11.3 Å². The van der Waals surface area contributed by atoms with E-state index < -0.39 is 9.05 Å². The molecule has 0 atom stereocenters. The molecule has 0 unspecified atom stereocenters. The van der Waals surface area contributed by atoms with Gasteiger partial charge in [0.1, 0.15) is 10.8 Å². The van der Waals surface area contributed by atoms with Crippen molar-refractivity contribution in [2.75, 3.05) is 6.61 Å². The Morgan fingerprint density at radius 3 is 2.62 bits per heavy atom. The molecule has 7 heteroatoms. The molecule has 2 aromatic carbocycles. The van der Waals surface area contributed by atoms with Gasteiger partial charge in [0.25, 0.3) is 9.05 Å². The molecule has 0 fully saturated rings. The van der Waals surface area contributed by atoms with Crippen molar-refractivity contribution in [2.45, 2.75) is 24.5 Å². The molecule has 0 N–H and O–H groups in total. The summed E-state index contributed by atoms with van der Waals surface area (Å²) in [5.41, 5.74) is 1.21. The van der Waals surface area contributed by atoms with Gasteiger partial charge in [0.2, 0.25) is 0 Å². The lowest BCUT2D eigenvalue weighted by Crippen LogP contribution is -1.97. The fraction of sp³-hybridized carbons (Fsp3) is 0.235. The smallest absolute Gasteiger partial charge is 0.272 e. The number of rotatable bonds is 5. The number of nitrogens with zero attached hydrogens (tertiary/aromatic N) is 1. The monoisotopic (exact) mass is 381 g/mol. The van der Waals surface area contributed by atoms with E-state index in [2.05, 4.69) is 4.98 Å². The first-order valence-corrected chi connectivity index (χ1v) is 10.6. The molecule has 0 amide bonds. The SMILES string of the molecule is CCCOc1ccc2ccccc2c1-c1nc(C)c(S(=O)(=O)Cl)s1. The van der Waals surface area contributed by atoms with Crippen molar-refractivity contribution in [3.05, 3.63) is 42.1 Å². The Hall–Kier alpha value is -1.63. The predicted octanol–water partition coefficient (Wildman–Crippen LogP) is 4.99. The number of thiazole rings is 1. The average Bonchev–Trinajstić information content (AvgIpc) is 2.94. The fourth-order valence-electron chi connectivity index (χ4n) is 2.52. The van der Waals surface area contributed by atoms with Crippen LogP contribution in [0.1, 0.15) is 19.0 Å². The van der Waals surface area contributed by atoms with E-state index >= 15 is 0 Å². The van der Waals surface area contributed by atoms with Crippen molar-refractivity contribution >= 4 is 41.8 Å². The fourth-order valence-corrected chi connectivity index (χ4v) is 5.04. The number of hydrogen-bond donors (Lipinski definition) is 0. The summed E-state index contributed by atoms with van der Waals surface area (Å²) in [5, 5.41) is 2.60. The number of aromatic nitrogens is 1. The minimum Gasteiger partial charge on any atom is -0.493 e. The van der Waals surface area contributed by atoms with Gasteiger partial charge in [-0.3, -0.25) is 0 Å². The highest BCUT2D eigenvalue weighted by Gasteiger charge is 2.22. The summed E-state index contributed by atoms with van der Waals surface area (Å²) >= 11 is 1.07. The molecule has 0 aliphatic rings. The highest BCUT2D eigenvalue weighted by Crippen LogP contribution is 2.41. The van der Waals surface area contributed by atoms with Crippen LogP contribution in [0.25, 0.3) is 21.3 Å². The van der Waals surface area contributed by atoms with Crippen LogP contribution in [0.4, 0.5) is 0 Å². The van der Waals surface area contributed by atoms with Gasteiger partial charge in [-0.2, -0.15) is 0 Å².